The number of hydrogen-bond acceptors (Lipinski definition) is 12. The number of rotatable bonds is 20. The van der Waals surface area contributed by atoms with Crippen LogP contribution >= 0.6 is 58.0 Å². The normalized spacial score (nSPS) is 13.0. The lowest BCUT2D eigenvalue weighted by molar-refractivity contribution is -0.127. The second-order valence-electron chi connectivity index (χ2n) is 15.2. The Labute approximate surface area is 422 Å². The molecule has 4 N–H and O–H groups in total. The van der Waals surface area contributed by atoms with Crippen molar-refractivity contribution in [2.75, 3.05) is 41.4 Å². The number of alkyl halides is 3. The van der Waals surface area contributed by atoms with Gasteiger partial charge in [-0.05, 0) is 130 Å². The van der Waals surface area contributed by atoms with Gasteiger partial charge in [-0.25, -0.2) is 0 Å². The number of halogens is 5. The van der Waals surface area contributed by atoms with E-state index in [1.165, 1.54) is 68.8 Å². The van der Waals surface area contributed by atoms with Crippen LogP contribution in [0.2, 0.25) is 10.0 Å². The summed E-state index contributed by atoms with van der Waals surface area (Å²) in [6, 6.07) is 19.8. The van der Waals surface area contributed by atoms with Crippen molar-refractivity contribution in [1.82, 2.24) is 0 Å². The first kappa shape index (κ1) is 53.5. The summed E-state index contributed by atoms with van der Waals surface area (Å²) in [5.41, 5.74) is 3.63. The summed E-state index contributed by atoms with van der Waals surface area (Å²) >= 11 is 31.2. The Balaban J connectivity index is 1.28. The highest BCUT2D eigenvalue weighted by Crippen LogP contribution is 2.33. The van der Waals surface area contributed by atoms with Gasteiger partial charge in [0.25, 0.3) is 23.6 Å². The van der Waals surface area contributed by atoms with Gasteiger partial charge < -0.3 is 30.7 Å². The first-order chi connectivity index (χ1) is 32.8. The highest BCUT2D eigenvalue weighted by atomic mass is 35.5. The van der Waals surface area contributed by atoms with Crippen LogP contribution < -0.4 is 30.7 Å². The Morgan fingerprint density at radius 2 is 1.00 bits per heavy atom. The second-order valence-corrected chi connectivity index (χ2v) is 17.8. The molecular weight excluding hydrogens is 994 g/mol. The molecule has 0 saturated heterocycles. The van der Waals surface area contributed by atoms with E-state index >= 15 is 0 Å². The number of azo groups is 2. The largest absolute Gasteiger partial charge is 0.495 e. The van der Waals surface area contributed by atoms with E-state index in [-0.39, 0.29) is 67.0 Å². The van der Waals surface area contributed by atoms with Crippen LogP contribution in [0.3, 0.4) is 0 Å². The fourth-order valence-corrected chi connectivity index (χ4v) is 7.36. The summed E-state index contributed by atoms with van der Waals surface area (Å²) in [6.07, 6.45) is 0.202. The molecule has 16 nitrogen and oxygen atoms in total. The van der Waals surface area contributed by atoms with Crippen molar-refractivity contribution in [1.29, 1.82) is 0 Å². The van der Waals surface area contributed by atoms with Crippen molar-refractivity contribution >= 4 is 127 Å². The lowest BCUT2D eigenvalue weighted by Gasteiger charge is -2.15. The van der Waals surface area contributed by atoms with Crippen molar-refractivity contribution in [3.05, 3.63) is 129 Å². The van der Waals surface area contributed by atoms with Crippen LogP contribution in [0.1, 0.15) is 75.9 Å². The second kappa shape index (κ2) is 24.7. The van der Waals surface area contributed by atoms with E-state index in [0.717, 1.165) is 25.0 Å². The van der Waals surface area contributed by atoms with Gasteiger partial charge in [-0.3, -0.25) is 28.8 Å². The minimum atomic E-state index is -1.62. The zero-order chi connectivity index (χ0) is 50.5. The van der Waals surface area contributed by atoms with Crippen LogP contribution in [0.5, 0.6) is 11.5 Å². The molecule has 5 rings (SSSR count). The van der Waals surface area contributed by atoms with E-state index in [2.05, 4.69) is 41.7 Å². The van der Waals surface area contributed by atoms with E-state index in [1.807, 2.05) is 0 Å². The number of nitrogens with one attached hydrogen (secondary N) is 4. The predicted octanol–water partition coefficient (Wildman–Crippen LogP) is 12.3. The van der Waals surface area contributed by atoms with Gasteiger partial charge in [0.1, 0.15) is 11.5 Å². The number of amides is 4. The maximum atomic E-state index is 13.5. The standard InChI is InChI=1S/C48H45Cl5N8O8/c1-24(50)28-7-10-39(41(20-28)68-5)56-45(64)31-15-33(52)22-36(18-31)58-60-43(26(3)62)47(66)54-35-9-12-38(30(17-35)13-14-49)55-48(67)44(27(4)63)61-59-37-19-32(16-34(53)23-37)46(65)57-40-11-8-29(25(2)51)21-42(40)69-6/h7-12,15-25,43-44H,13-14H2,1-6H3,(H,54,66)(H,55,67)(H,56,64)(H,57,65). The Morgan fingerprint density at radius 1 is 0.565 bits per heavy atom. The number of ether oxygens (including phenoxy) is 2. The molecule has 0 fully saturated rings. The quantitative estimate of drug-likeness (QED) is 0.0333. The molecule has 69 heavy (non-hydrogen) atoms. The minimum Gasteiger partial charge on any atom is -0.495 e. The third-order valence-corrected chi connectivity index (χ3v) is 11.1. The molecule has 0 spiro atoms. The lowest BCUT2D eigenvalue weighted by atomic mass is 10.1. The Hall–Kier alpha value is -6.43. The van der Waals surface area contributed by atoms with Crippen molar-refractivity contribution in [3.8, 4) is 11.5 Å². The minimum absolute atomic E-state index is 0.0815. The van der Waals surface area contributed by atoms with Gasteiger partial charge in [0.05, 0.1) is 47.7 Å². The fraction of sp³-hybridized carbons (Fsp3) is 0.250. The van der Waals surface area contributed by atoms with Crippen LogP contribution in [0, 0.1) is 0 Å². The predicted molar refractivity (Wildman–Crippen MR) is 269 cm³/mol. The van der Waals surface area contributed by atoms with Gasteiger partial charge in [-0.15, -0.1) is 34.8 Å². The number of anilines is 4. The van der Waals surface area contributed by atoms with E-state index in [1.54, 1.807) is 50.2 Å². The van der Waals surface area contributed by atoms with Crippen LogP contribution in [0.25, 0.3) is 0 Å². The average molecular weight is 1040 g/mol. The highest BCUT2D eigenvalue weighted by Gasteiger charge is 2.26. The lowest BCUT2D eigenvalue weighted by Crippen LogP contribution is -2.32. The maximum Gasteiger partial charge on any atom is 0.258 e. The van der Waals surface area contributed by atoms with Crippen molar-refractivity contribution in [2.45, 2.75) is 57.0 Å². The fourth-order valence-electron chi connectivity index (χ4n) is 6.43. The molecule has 21 heteroatoms. The Morgan fingerprint density at radius 3 is 1.41 bits per heavy atom. The number of aryl methyl sites for hydroxylation is 1. The van der Waals surface area contributed by atoms with Crippen molar-refractivity contribution in [3.63, 3.8) is 0 Å². The molecule has 5 aromatic rings. The number of benzene rings is 5. The number of hydrogen-bond donors (Lipinski definition) is 4. The molecule has 5 aromatic carbocycles. The van der Waals surface area contributed by atoms with Gasteiger partial charge in [-0.2, -0.15) is 20.5 Å². The van der Waals surface area contributed by atoms with Crippen LogP contribution in [-0.4, -0.2) is 67.4 Å². The molecule has 0 heterocycles. The molecule has 4 amide bonds. The van der Waals surface area contributed by atoms with E-state index in [0.29, 0.717) is 28.4 Å². The molecule has 4 atom stereocenters. The van der Waals surface area contributed by atoms with Crippen LogP contribution in [0.15, 0.2) is 111 Å². The third kappa shape index (κ3) is 14.8. The van der Waals surface area contributed by atoms with E-state index in [4.69, 9.17) is 67.5 Å². The summed E-state index contributed by atoms with van der Waals surface area (Å²) in [7, 11) is 2.92. The van der Waals surface area contributed by atoms with E-state index in [9.17, 15) is 28.8 Å². The molecule has 0 aromatic heterocycles. The Kier molecular flexibility index (Phi) is 19.2. The molecule has 0 saturated carbocycles. The SMILES string of the molecule is COc1cc(C(C)Cl)ccc1NC(=O)c1cc(Cl)cc(N=NC(C(C)=O)C(=O)Nc2ccc(NC(=O)C(N=Nc3cc(Cl)cc(C(=O)Nc4ccc(C(C)Cl)cc4OC)c3)C(C)=O)c(CCCl)c2)c1. The summed E-state index contributed by atoms with van der Waals surface area (Å²) < 4.78 is 10.8. The Bertz CT molecular complexity index is 2840. The summed E-state index contributed by atoms with van der Waals surface area (Å²) in [6.45, 7) is 5.93. The summed E-state index contributed by atoms with van der Waals surface area (Å²) in [5, 5.41) is 26.6. The molecule has 4 unspecified atom stereocenters. The number of Topliss-reactive ketones (excluding diaryl/α,β-unsaturated/α-hetero) is 2. The zero-order valence-electron chi connectivity index (χ0n) is 37.8. The van der Waals surface area contributed by atoms with Gasteiger partial charge in [0.2, 0.25) is 12.1 Å². The maximum absolute atomic E-state index is 13.5. The molecule has 0 bridgehead atoms. The van der Waals surface area contributed by atoms with Crippen molar-refractivity contribution < 1.29 is 38.2 Å². The first-order valence-corrected chi connectivity index (χ1v) is 23.0. The van der Waals surface area contributed by atoms with Crippen molar-refractivity contribution in [2.24, 2.45) is 20.5 Å². The molecule has 0 aliphatic rings. The van der Waals surface area contributed by atoms with Gasteiger partial charge in [0.15, 0.2) is 11.6 Å². The molecule has 360 valence electrons. The molecule has 0 aliphatic carbocycles. The topological polar surface area (TPSA) is 218 Å². The third-order valence-electron chi connectivity index (χ3n) is 9.99. The van der Waals surface area contributed by atoms with Gasteiger partial charge in [0, 0.05) is 38.4 Å². The van der Waals surface area contributed by atoms with Gasteiger partial charge in [-0.1, -0.05) is 35.3 Å². The smallest absolute Gasteiger partial charge is 0.258 e. The average Bonchev–Trinajstić information content (AvgIpc) is 3.29. The number of methoxy groups -OCH3 is 2. The molecule has 0 radical (unpaired) electrons. The van der Waals surface area contributed by atoms with Gasteiger partial charge >= 0.3 is 0 Å². The molecular formula is C48H45Cl5N8O8. The molecule has 0 aliphatic heterocycles. The summed E-state index contributed by atoms with van der Waals surface area (Å²) in [5.74, 6) is -3.19. The van der Waals surface area contributed by atoms with E-state index < -0.39 is 47.3 Å². The van der Waals surface area contributed by atoms with Crippen LogP contribution in [0.4, 0.5) is 34.1 Å². The zero-order valence-corrected chi connectivity index (χ0v) is 41.6. The number of carbonyl (C=O) groups excluding carboxylic acids is 6. The summed E-state index contributed by atoms with van der Waals surface area (Å²) in [4.78, 5) is 79.0. The highest BCUT2D eigenvalue weighted by molar-refractivity contribution is 6.32. The number of ketones is 2. The number of nitrogens with zero attached hydrogens (tertiary/aromatic N) is 4. The monoisotopic (exact) mass is 1040 g/mol. The first-order valence-electron chi connectivity index (χ1n) is 20.8. The van der Waals surface area contributed by atoms with Crippen LogP contribution in [-0.2, 0) is 25.6 Å². The number of carbonyl (C=O) groups is 6.